The van der Waals surface area contributed by atoms with Crippen LogP contribution in [0.1, 0.15) is 39.7 Å². The quantitative estimate of drug-likeness (QED) is 0.790. The summed E-state index contributed by atoms with van der Waals surface area (Å²) in [6.45, 7) is 7.24. The number of aromatic nitrogens is 2. The first kappa shape index (κ1) is 14.5. The Bertz CT molecular complexity index is 342. The van der Waals surface area contributed by atoms with Crippen molar-refractivity contribution < 1.29 is 5.11 Å². The van der Waals surface area contributed by atoms with Gasteiger partial charge in [0, 0.05) is 11.7 Å². The number of hydrogen-bond acceptors (Lipinski definition) is 3. The Morgan fingerprint density at radius 2 is 2.35 bits per heavy atom. The lowest BCUT2D eigenvalue weighted by Gasteiger charge is -2.31. The fourth-order valence-electron chi connectivity index (χ4n) is 1.92. The van der Waals surface area contributed by atoms with E-state index in [1.165, 1.54) is 0 Å². The third kappa shape index (κ3) is 4.30. The van der Waals surface area contributed by atoms with Crippen LogP contribution in [0.15, 0.2) is 12.4 Å². The van der Waals surface area contributed by atoms with Gasteiger partial charge in [-0.05, 0) is 33.2 Å². The molecule has 0 saturated carbocycles. The highest BCUT2D eigenvalue weighted by Crippen LogP contribution is 2.21. The van der Waals surface area contributed by atoms with Crippen molar-refractivity contribution in [2.75, 3.05) is 13.2 Å². The Labute approximate surface area is 108 Å². The number of aliphatic hydroxyl groups is 1. The molecule has 0 bridgehead atoms. The molecular formula is C12H22ClN3O. The van der Waals surface area contributed by atoms with E-state index in [1.54, 1.807) is 6.20 Å². The van der Waals surface area contributed by atoms with Crippen LogP contribution < -0.4 is 5.32 Å². The number of halogens is 1. The average Bonchev–Trinajstić information content (AvgIpc) is 2.73. The van der Waals surface area contributed by atoms with Crippen molar-refractivity contribution in [2.24, 2.45) is 0 Å². The molecule has 0 aliphatic carbocycles. The van der Waals surface area contributed by atoms with Gasteiger partial charge in [-0.2, -0.15) is 5.10 Å². The van der Waals surface area contributed by atoms with Crippen LogP contribution in [0.2, 0.25) is 5.02 Å². The number of nitrogens with zero attached hydrogens (tertiary/aromatic N) is 2. The summed E-state index contributed by atoms with van der Waals surface area (Å²) in [4.78, 5) is 0. The van der Waals surface area contributed by atoms with Gasteiger partial charge in [-0.25, -0.2) is 0 Å². The molecule has 0 aliphatic heterocycles. The highest BCUT2D eigenvalue weighted by molar-refractivity contribution is 6.30. The zero-order chi connectivity index (χ0) is 12.9. The molecule has 1 rings (SSSR count). The molecule has 1 aromatic heterocycles. The molecule has 17 heavy (non-hydrogen) atoms. The zero-order valence-electron chi connectivity index (χ0n) is 10.8. The second kappa shape index (κ2) is 6.38. The molecule has 2 N–H and O–H groups in total. The van der Waals surface area contributed by atoms with Crippen molar-refractivity contribution in [3.8, 4) is 0 Å². The molecule has 2 atom stereocenters. The van der Waals surface area contributed by atoms with Crippen molar-refractivity contribution in [1.29, 1.82) is 0 Å². The number of aliphatic hydroxyl groups excluding tert-OH is 1. The average molecular weight is 260 g/mol. The predicted octanol–water partition coefficient (Wildman–Crippen LogP) is 2.24. The van der Waals surface area contributed by atoms with E-state index in [9.17, 15) is 5.11 Å². The van der Waals surface area contributed by atoms with E-state index in [4.69, 9.17) is 11.6 Å². The molecule has 2 unspecified atom stereocenters. The lowest BCUT2D eigenvalue weighted by molar-refractivity contribution is 0.149. The molecule has 1 heterocycles. The van der Waals surface area contributed by atoms with Crippen molar-refractivity contribution >= 4 is 11.6 Å². The summed E-state index contributed by atoms with van der Waals surface area (Å²) >= 11 is 5.84. The Morgan fingerprint density at radius 3 is 2.82 bits per heavy atom. The van der Waals surface area contributed by atoms with Crippen LogP contribution in [0.4, 0.5) is 0 Å². The van der Waals surface area contributed by atoms with Gasteiger partial charge in [0.2, 0.25) is 0 Å². The molecule has 0 spiro atoms. The molecule has 0 saturated heterocycles. The molecule has 0 radical (unpaired) electrons. The van der Waals surface area contributed by atoms with Crippen molar-refractivity contribution in [3.63, 3.8) is 0 Å². The van der Waals surface area contributed by atoms with E-state index in [1.807, 2.05) is 17.8 Å². The summed E-state index contributed by atoms with van der Waals surface area (Å²) in [7, 11) is 0. The van der Waals surface area contributed by atoms with E-state index < -0.39 is 0 Å². The minimum Gasteiger partial charge on any atom is -0.394 e. The maximum atomic E-state index is 9.49. The fraction of sp³-hybridized carbons (Fsp3) is 0.750. The van der Waals surface area contributed by atoms with Gasteiger partial charge in [-0.3, -0.25) is 4.68 Å². The fourth-order valence-corrected chi connectivity index (χ4v) is 2.06. The maximum Gasteiger partial charge on any atom is 0.0785 e. The Morgan fingerprint density at radius 1 is 1.65 bits per heavy atom. The number of hydrogen-bond donors (Lipinski definition) is 2. The van der Waals surface area contributed by atoms with E-state index in [0.29, 0.717) is 5.02 Å². The zero-order valence-corrected chi connectivity index (χ0v) is 11.5. The molecule has 1 aromatic rings. The summed E-state index contributed by atoms with van der Waals surface area (Å²) in [6.07, 6.45) is 5.30. The van der Waals surface area contributed by atoms with E-state index in [0.717, 1.165) is 19.4 Å². The largest absolute Gasteiger partial charge is 0.394 e. The lowest BCUT2D eigenvalue weighted by atomic mass is 9.94. The first-order valence-corrected chi connectivity index (χ1v) is 6.44. The highest BCUT2D eigenvalue weighted by atomic mass is 35.5. The molecule has 4 nitrogen and oxygen atoms in total. The van der Waals surface area contributed by atoms with E-state index >= 15 is 0 Å². The van der Waals surface area contributed by atoms with Gasteiger partial charge < -0.3 is 10.4 Å². The Balaban J connectivity index is 2.61. The smallest absolute Gasteiger partial charge is 0.0785 e. The summed E-state index contributed by atoms with van der Waals surface area (Å²) in [5.74, 6) is 0. The number of rotatable bonds is 7. The first-order valence-electron chi connectivity index (χ1n) is 6.06. The standard InChI is InChI=1S/C12H22ClN3O/c1-4-5-14-12(3,9-17)6-10(2)16-8-11(13)7-15-16/h7-8,10,14,17H,4-6,9H2,1-3H3. The minimum atomic E-state index is -0.270. The van der Waals surface area contributed by atoms with Gasteiger partial charge in [0.25, 0.3) is 0 Å². The van der Waals surface area contributed by atoms with Gasteiger partial charge in [0.1, 0.15) is 0 Å². The van der Waals surface area contributed by atoms with Crippen molar-refractivity contribution in [1.82, 2.24) is 15.1 Å². The highest BCUT2D eigenvalue weighted by Gasteiger charge is 2.25. The molecule has 0 fully saturated rings. The van der Waals surface area contributed by atoms with Gasteiger partial charge in [-0.15, -0.1) is 0 Å². The molecule has 0 aliphatic rings. The van der Waals surface area contributed by atoms with Crippen molar-refractivity contribution in [2.45, 2.75) is 45.2 Å². The van der Waals surface area contributed by atoms with Crippen molar-refractivity contribution in [3.05, 3.63) is 17.4 Å². The lowest BCUT2D eigenvalue weighted by Crippen LogP contribution is -2.47. The van der Waals surface area contributed by atoms with Crippen LogP contribution in [-0.4, -0.2) is 33.6 Å². The summed E-state index contributed by atoms with van der Waals surface area (Å²) in [5, 5.41) is 17.7. The Hall–Kier alpha value is -0.580. The maximum absolute atomic E-state index is 9.49. The monoisotopic (exact) mass is 259 g/mol. The summed E-state index contributed by atoms with van der Waals surface area (Å²) < 4.78 is 1.84. The SMILES string of the molecule is CCCNC(C)(CO)CC(C)n1cc(Cl)cn1. The Kier molecular flexibility index (Phi) is 5.43. The first-order chi connectivity index (χ1) is 8.00. The van der Waals surface area contributed by atoms with Crippen LogP contribution in [0, 0.1) is 0 Å². The predicted molar refractivity (Wildman–Crippen MR) is 70.3 cm³/mol. The number of nitrogens with one attached hydrogen (secondary N) is 1. The minimum absolute atomic E-state index is 0.117. The van der Waals surface area contributed by atoms with Gasteiger partial charge >= 0.3 is 0 Å². The van der Waals surface area contributed by atoms with Crippen LogP contribution in [0.5, 0.6) is 0 Å². The second-order valence-corrected chi connectivity index (χ2v) is 5.27. The molecule has 5 heteroatoms. The van der Waals surface area contributed by atoms with Crippen LogP contribution >= 0.6 is 11.6 Å². The normalized spacial score (nSPS) is 16.8. The molecule has 0 amide bonds. The van der Waals surface area contributed by atoms with Gasteiger partial charge in [0.15, 0.2) is 0 Å². The van der Waals surface area contributed by atoms with Crippen LogP contribution in [0.25, 0.3) is 0 Å². The molecule has 98 valence electrons. The van der Waals surface area contributed by atoms with Crippen LogP contribution in [-0.2, 0) is 0 Å². The molecular weight excluding hydrogens is 238 g/mol. The third-order valence-electron chi connectivity index (χ3n) is 2.92. The second-order valence-electron chi connectivity index (χ2n) is 4.84. The molecule has 0 aromatic carbocycles. The summed E-state index contributed by atoms with van der Waals surface area (Å²) in [6, 6.07) is 0.198. The summed E-state index contributed by atoms with van der Waals surface area (Å²) in [5.41, 5.74) is -0.270. The van der Waals surface area contributed by atoms with E-state index in [-0.39, 0.29) is 18.2 Å². The van der Waals surface area contributed by atoms with Crippen LogP contribution in [0.3, 0.4) is 0 Å². The van der Waals surface area contributed by atoms with E-state index in [2.05, 4.69) is 24.3 Å². The van der Waals surface area contributed by atoms with Gasteiger partial charge in [0.05, 0.1) is 23.9 Å². The van der Waals surface area contributed by atoms with Gasteiger partial charge in [-0.1, -0.05) is 18.5 Å². The topological polar surface area (TPSA) is 50.1 Å². The third-order valence-corrected chi connectivity index (χ3v) is 3.11.